The number of thiophene rings is 1. The normalized spacial score (nSPS) is 11.4. The second kappa shape index (κ2) is 5.85. The van der Waals surface area contributed by atoms with E-state index in [1.54, 1.807) is 10.6 Å². The van der Waals surface area contributed by atoms with E-state index in [-0.39, 0.29) is 5.97 Å². The summed E-state index contributed by atoms with van der Waals surface area (Å²) in [5, 5.41) is 1.86. The van der Waals surface area contributed by atoms with Gasteiger partial charge in [0, 0.05) is 11.6 Å². The van der Waals surface area contributed by atoms with Crippen molar-refractivity contribution in [3.8, 4) is 5.69 Å². The van der Waals surface area contributed by atoms with Gasteiger partial charge in [-0.3, -0.25) is 4.79 Å². The first-order valence-corrected chi connectivity index (χ1v) is 7.71. The lowest BCUT2D eigenvalue weighted by molar-refractivity contribution is 0.00594. The average Bonchev–Trinajstić information content (AvgIpc) is 3.02. The Morgan fingerprint density at radius 1 is 1.43 bits per heavy atom. The van der Waals surface area contributed by atoms with E-state index in [1.807, 2.05) is 45.3 Å². The zero-order valence-corrected chi connectivity index (χ0v) is 13.5. The van der Waals surface area contributed by atoms with Crippen LogP contribution in [-0.2, 0) is 11.2 Å². The molecule has 0 aromatic carbocycles. The van der Waals surface area contributed by atoms with Crippen LogP contribution in [0.2, 0.25) is 0 Å². The smallest absolute Gasteiger partial charge is 0.356 e. The second-order valence-electron chi connectivity index (χ2n) is 5.74. The number of aryl methyl sites for hydroxylation is 1. The molecule has 0 aliphatic heterocycles. The molecular weight excluding hydrogens is 286 g/mol. The second-order valence-corrected chi connectivity index (χ2v) is 6.68. The highest BCUT2D eigenvalue weighted by Crippen LogP contribution is 2.24. The molecule has 2 aromatic rings. The minimum atomic E-state index is -0.542. The highest BCUT2D eigenvalue weighted by molar-refractivity contribution is 7.12. The number of carbonyl (C=O) groups is 2. The predicted octanol–water partition coefficient (Wildman–Crippen LogP) is 3.87. The first-order valence-electron chi connectivity index (χ1n) is 6.83. The molecule has 0 unspecified atom stereocenters. The molecule has 2 aromatic heterocycles. The fourth-order valence-corrected chi connectivity index (χ4v) is 2.74. The van der Waals surface area contributed by atoms with E-state index in [2.05, 4.69) is 0 Å². The fraction of sp³-hybridized carbons (Fsp3) is 0.375. The third-order valence-corrected chi connectivity index (χ3v) is 3.79. The van der Waals surface area contributed by atoms with Crippen LogP contribution in [0, 0.1) is 0 Å². The Kier molecular flexibility index (Phi) is 4.32. The predicted molar refractivity (Wildman–Crippen MR) is 83.6 cm³/mol. The van der Waals surface area contributed by atoms with E-state index < -0.39 is 5.60 Å². The molecule has 0 fully saturated rings. The average molecular weight is 305 g/mol. The van der Waals surface area contributed by atoms with Gasteiger partial charge >= 0.3 is 5.97 Å². The van der Waals surface area contributed by atoms with Crippen LogP contribution in [0.3, 0.4) is 0 Å². The van der Waals surface area contributed by atoms with Gasteiger partial charge in [-0.15, -0.1) is 11.3 Å². The number of aldehydes is 1. The molecule has 0 atom stereocenters. The van der Waals surface area contributed by atoms with Gasteiger partial charge in [0.1, 0.15) is 11.3 Å². The lowest BCUT2D eigenvalue weighted by atomic mass is 10.1. The highest BCUT2D eigenvalue weighted by Gasteiger charge is 2.24. The molecule has 5 heteroatoms. The largest absolute Gasteiger partial charge is 0.455 e. The van der Waals surface area contributed by atoms with Gasteiger partial charge in [0.25, 0.3) is 0 Å². The maximum absolute atomic E-state index is 12.5. The summed E-state index contributed by atoms with van der Waals surface area (Å²) in [7, 11) is 0. The summed E-state index contributed by atoms with van der Waals surface area (Å²) in [5.74, 6) is -0.344. The van der Waals surface area contributed by atoms with E-state index in [0.717, 1.165) is 24.0 Å². The van der Waals surface area contributed by atoms with Crippen molar-refractivity contribution in [1.82, 2.24) is 4.57 Å². The number of rotatable bonds is 4. The Labute approximate surface area is 128 Å². The minimum absolute atomic E-state index is 0.344. The van der Waals surface area contributed by atoms with Crippen molar-refractivity contribution in [2.75, 3.05) is 0 Å². The van der Waals surface area contributed by atoms with Crippen LogP contribution >= 0.6 is 11.3 Å². The maximum atomic E-state index is 12.5. The van der Waals surface area contributed by atoms with Crippen molar-refractivity contribution >= 4 is 23.6 Å². The first-order chi connectivity index (χ1) is 9.85. The van der Waals surface area contributed by atoms with Gasteiger partial charge < -0.3 is 9.30 Å². The molecule has 2 rings (SSSR count). The van der Waals surface area contributed by atoms with Gasteiger partial charge in [0.15, 0.2) is 6.29 Å². The van der Waals surface area contributed by atoms with E-state index in [4.69, 9.17) is 4.74 Å². The molecule has 0 saturated heterocycles. The molecule has 0 aliphatic carbocycles. The van der Waals surface area contributed by atoms with Gasteiger partial charge in [-0.05, 0) is 44.9 Å². The molecule has 2 heterocycles. The third kappa shape index (κ3) is 3.42. The summed E-state index contributed by atoms with van der Waals surface area (Å²) < 4.78 is 7.28. The Hall–Kier alpha value is -1.88. The fourth-order valence-electron chi connectivity index (χ4n) is 2.06. The van der Waals surface area contributed by atoms with Crippen molar-refractivity contribution < 1.29 is 14.3 Å². The van der Waals surface area contributed by atoms with Crippen molar-refractivity contribution in [3.05, 3.63) is 39.8 Å². The Balaban J connectivity index is 2.46. The van der Waals surface area contributed by atoms with Gasteiger partial charge in [-0.25, -0.2) is 4.79 Å². The van der Waals surface area contributed by atoms with Crippen LogP contribution in [0.25, 0.3) is 5.69 Å². The molecule has 0 amide bonds. The number of ether oxygens (including phenoxy) is 1. The zero-order valence-electron chi connectivity index (χ0n) is 12.7. The Morgan fingerprint density at radius 2 is 2.14 bits per heavy atom. The number of aromatic nitrogens is 1. The van der Waals surface area contributed by atoms with E-state index in [0.29, 0.717) is 10.6 Å². The monoisotopic (exact) mass is 305 g/mol. The topological polar surface area (TPSA) is 48.3 Å². The standard InChI is InChI=1S/C16H19NO3S/c1-5-11-6-7-17(12-8-13(9-18)21-10-12)14(11)15(19)20-16(2,3)4/h6-10H,5H2,1-4H3. The Bertz CT molecular complexity index is 661. The molecule has 0 spiro atoms. The molecule has 4 nitrogen and oxygen atoms in total. The summed E-state index contributed by atoms with van der Waals surface area (Å²) in [6, 6.07) is 3.68. The van der Waals surface area contributed by atoms with Crippen molar-refractivity contribution in [2.24, 2.45) is 0 Å². The number of hydrogen-bond acceptors (Lipinski definition) is 4. The first kappa shape index (κ1) is 15.5. The summed E-state index contributed by atoms with van der Waals surface area (Å²) in [6.45, 7) is 7.54. The SMILES string of the molecule is CCc1ccn(-c2csc(C=O)c2)c1C(=O)OC(C)(C)C. The molecule has 112 valence electrons. The quantitative estimate of drug-likeness (QED) is 0.636. The van der Waals surface area contributed by atoms with Crippen molar-refractivity contribution in [2.45, 2.75) is 39.7 Å². The van der Waals surface area contributed by atoms with Crippen LogP contribution in [0.15, 0.2) is 23.7 Å². The van der Waals surface area contributed by atoms with Crippen LogP contribution in [0.4, 0.5) is 0 Å². The van der Waals surface area contributed by atoms with Crippen LogP contribution in [0.5, 0.6) is 0 Å². The lowest BCUT2D eigenvalue weighted by Crippen LogP contribution is -2.25. The van der Waals surface area contributed by atoms with Crippen molar-refractivity contribution in [1.29, 1.82) is 0 Å². The molecule has 0 saturated carbocycles. The number of nitrogens with zero attached hydrogens (tertiary/aromatic N) is 1. The van der Waals surface area contributed by atoms with Crippen LogP contribution in [0.1, 0.15) is 53.4 Å². The molecule has 0 aliphatic rings. The summed E-state index contributed by atoms with van der Waals surface area (Å²) in [6.07, 6.45) is 3.40. The maximum Gasteiger partial charge on any atom is 0.356 e. The molecule has 0 N–H and O–H groups in total. The highest BCUT2D eigenvalue weighted by atomic mass is 32.1. The molecular formula is C16H19NO3S. The molecule has 0 bridgehead atoms. The summed E-state index contributed by atoms with van der Waals surface area (Å²) in [4.78, 5) is 23.9. The van der Waals surface area contributed by atoms with Crippen molar-refractivity contribution in [3.63, 3.8) is 0 Å². The third-order valence-electron chi connectivity index (χ3n) is 2.94. The molecule has 21 heavy (non-hydrogen) atoms. The van der Waals surface area contributed by atoms with Gasteiger partial charge in [-0.1, -0.05) is 6.92 Å². The minimum Gasteiger partial charge on any atom is -0.455 e. The van der Waals surface area contributed by atoms with E-state index in [1.165, 1.54) is 11.3 Å². The Morgan fingerprint density at radius 3 is 2.67 bits per heavy atom. The van der Waals surface area contributed by atoms with Gasteiger partial charge in [-0.2, -0.15) is 0 Å². The number of hydrogen-bond donors (Lipinski definition) is 0. The van der Waals surface area contributed by atoms with Crippen LogP contribution < -0.4 is 0 Å². The van der Waals surface area contributed by atoms with Crippen LogP contribution in [-0.4, -0.2) is 22.4 Å². The van der Waals surface area contributed by atoms with Gasteiger partial charge in [0.05, 0.1) is 10.6 Å². The number of carbonyl (C=O) groups excluding carboxylic acids is 2. The van der Waals surface area contributed by atoms with E-state index >= 15 is 0 Å². The van der Waals surface area contributed by atoms with E-state index in [9.17, 15) is 9.59 Å². The summed E-state index contributed by atoms with van der Waals surface area (Å²) >= 11 is 1.35. The van der Waals surface area contributed by atoms with Gasteiger partial charge in [0.2, 0.25) is 0 Å². The lowest BCUT2D eigenvalue weighted by Gasteiger charge is -2.20. The summed E-state index contributed by atoms with van der Waals surface area (Å²) in [5.41, 5.74) is 1.73. The number of esters is 1. The zero-order chi connectivity index (χ0) is 15.6. The molecule has 0 radical (unpaired) electrons.